The molecule has 0 saturated heterocycles. The van der Waals surface area contributed by atoms with E-state index >= 15 is 0 Å². The third kappa shape index (κ3) is 4.98. The molecule has 0 atom stereocenters. The maximum Gasteiger partial charge on any atom is 0.149 e. The number of hydrogen-bond acceptors (Lipinski definition) is 3. The lowest BCUT2D eigenvalue weighted by atomic mass is 9.75. The normalized spacial score (nSPS) is 11.6. The smallest absolute Gasteiger partial charge is 0.149 e. The molecule has 0 fully saturated rings. The van der Waals surface area contributed by atoms with Gasteiger partial charge in [-0.05, 0) is 34.4 Å². The molecule has 3 heteroatoms. The van der Waals surface area contributed by atoms with E-state index in [1.54, 1.807) is 14.2 Å². The van der Waals surface area contributed by atoms with E-state index in [9.17, 15) is 0 Å². The Labute approximate surface area is 254 Å². The maximum atomic E-state index is 8.07. The zero-order valence-electron chi connectivity index (χ0n) is 24.4. The van der Waals surface area contributed by atoms with Gasteiger partial charge in [0.25, 0.3) is 0 Å². The maximum absolute atomic E-state index is 8.07. The quantitative estimate of drug-likeness (QED) is 0.156. The van der Waals surface area contributed by atoms with Crippen molar-refractivity contribution in [3.8, 4) is 11.5 Å². The Balaban J connectivity index is 1.82. The van der Waals surface area contributed by atoms with Crippen molar-refractivity contribution in [2.45, 2.75) is 11.2 Å². The van der Waals surface area contributed by atoms with Crippen LogP contribution in [0.5, 0.6) is 11.5 Å². The van der Waals surface area contributed by atoms with Gasteiger partial charge in [-0.3, -0.25) is 0 Å². The molecule has 0 aromatic heterocycles. The van der Waals surface area contributed by atoms with Gasteiger partial charge >= 0.3 is 0 Å². The summed E-state index contributed by atoms with van der Waals surface area (Å²) in [6.07, 6.45) is 0. The highest BCUT2D eigenvalue weighted by Gasteiger charge is 2.50. The predicted octanol–water partition coefficient (Wildman–Crippen LogP) is 9.00. The van der Waals surface area contributed by atoms with Crippen LogP contribution in [0.15, 0.2) is 170 Å². The van der Waals surface area contributed by atoms with Crippen LogP contribution in [0.25, 0.3) is 0 Å². The van der Waals surface area contributed by atoms with Crippen molar-refractivity contribution in [1.29, 1.82) is 0 Å². The standard InChI is InChI=1S/C40H34O3/c1-41-37-29-17-15-27-35(37)39(31-19-7-3-8-20-31,32-21-9-4-10-22-32)43-40(33-23-11-5-12-24-33,34-25-13-6-14-26-34)36-28-16-18-30-38(36)42-2/h3-30H,1-2H3. The summed E-state index contributed by atoms with van der Waals surface area (Å²) in [4.78, 5) is 0. The van der Waals surface area contributed by atoms with Crippen LogP contribution in [-0.4, -0.2) is 14.2 Å². The Bertz CT molecular complexity index is 1540. The minimum Gasteiger partial charge on any atom is -0.496 e. The lowest BCUT2D eigenvalue weighted by molar-refractivity contribution is -0.0826. The van der Waals surface area contributed by atoms with E-state index in [0.717, 1.165) is 44.9 Å². The molecular weight excluding hydrogens is 528 g/mol. The van der Waals surface area contributed by atoms with Crippen LogP contribution in [0.4, 0.5) is 0 Å². The molecule has 0 unspecified atom stereocenters. The highest BCUT2D eigenvalue weighted by molar-refractivity contribution is 5.58. The summed E-state index contributed by atoms with van der Waals surface area (Å²) < 4.78 is 20.2. The largest absolute Gasteiger partial charge is 0.496 e. The minimum atomic E-state index is -1.12. The summed E-state index contributed by atoms with van der Waals surface area (Å²) in [5.74, 6) is 1.45. The molecule has 212 valence electrons. The fraction of sp³-hybridized carbons (Fsp3) is 0.100. The lowest BCUT2D eigenvalue weighted by Gasteiger charge is -2.46. The summed E-state index contributed by atoms with van der Waals surface area (Å²) in [5, 5.41) is 0. The summed E-state index contributed by atoms with van der Waals surface area (Å²) in [6.45, 7) is 0. The zero-order valence-corrected chi connectivity index (χ0v) is 24.4. The first-order valence-electron chi connectivity index (χ1n) is 14.4. The van der Waals surface area contributed by atoms with E-state index in [0.29, 0.717) is 0 Å². The van der Waals surface area contributed by atoms with E-state index in [1.807, 2.05) is 60.7 Å². The highest BCUT2D eigenvalue weighted by Crippen LogP contribution is 2.54. The van der Waals surface area contributed by atoms with Crippen molar-refractivity contribution in [2.24, 2.45) is 0 Å². The molecule has 0 heterocycles. The first kappa shape index (κ1) is 28.0. The molecule has 0 aliphatic carbocycles. The monoisotopic (exact) mass is 562 g/mol. The molecule has 0 radical (unpaired) electrons. The Kier molecular flexibility index (Phi) is 8.08. The third-order valence-electron chi connectivity index (χ3n) is 8.00. The van der Waals surface area contributed by atoms with Gasteiger partial charge in [0.15, 0.2) is 0 Å². The number of benzene rings is 6. The number of ether oxygens (including phenoxy) is 3. The molecule has 0 aliphatic rings. The molecule has 6 aromatic rings. The third-order valence-corrected chi connectivity index (χ3v) is 8.00. The predicted molar refractivity (Wildman–Crippen MR) is 173 cm³/mol. The Hall–Kier alpha value is -5.12. The molecule has 0 spiro atoms. The highest BCUT2D eigenvalue weighted by atomic mass is 16.5. The van der Waals surface area contributed by atoms with Crippen molar-refractivity contribution in [2.75, 3.05) is 14.2 Å². The molecule has 0 bridgehead atoms. The SMILES string of the molecule is COc1ccccc1C(OC(c1ccccc1)(c1ccccc1)c1ccccc1OC)(c1ccccc1)c1ccccc1. The van der Waals surface area contributed by atoms with Gasteiger partial charge in [-0.15, -0.1) is 0 Å². The van der Waals surface area contributed by atoms with E-state index in [2.05, 4.69) is 109 Å². The van der Waals surface area contributed by atoms with E-state index < -0.39 is 11.2 Å². The van der Waals surface area contributed by atoms with Crippen LogP contribution < -0.4 is 9.47 Å². The van der Waals surface area contributed by atoms with Crippen molar-refractivity contribution >= 4 is 0 Å². The lowest BCUT2D eigenvalue weighted by Crippen LogP contribution is -2.45. The van der Waals surface area contributed by atoms with E-state index in [4.69, 9.17) is 14.2 Å². The van der Waals surface area contributed by atoms with Crippen molar-refractivity contribution in [1.82, 2.24) is 0 Å². The molecule has 0 N–H and O–H groups in total. The number of methoxy groups -OCH3 is 2. The fourth-order valence-corrected chi connectivity index (χ4v) is 6.09. The minimum absolute atomic E-state index is 0.727. The second kappa shape index (κ2) is 12.4. The molecule has 0 amide bonds. The molecule has 43 heavy (non-hydrogen) atoms. The summed E-state index contributed by atoms with van der Waals surface area (Å²) >= 11 is 0. The number of para-hydroxylation sites is 2. The van der Waals surface area contributed by atoms with Crippen LogP contribution in [0.2, 0.25) is 0 Å². The molecule has 0 saturated carbocycles. The molecular formula is C40H34O3. The van der Waals surface area contributed by atoms with Gasteiger partial charge in [0.1, 0.15) is 22.7 Å². The van der Waals surface area contributed by atoms with Crippen LogP contribution >= 0.6 is 0 Å². The first-order chi connectivity index (χ1) is 21.2. The fourth-order valence-electron chi connectivity index (χ4n) is 6.09. The molecule has 3 nitrogen and oxygen atoms in total. The van der Waals surface area contributed by atoms with Crippen molar-refractivity contribution in [3.63, 3.8) is 0 Å². The van der Waals surface area contributed by atoms with Crippen molar-refractivity contribution < 1.29 is 14.2 Å². The average Bonchev–Trinajstić information content (AvgIpc) is 3.11. The molecule has 6 aromatic carbocycles. The van der Waals surface area contributed by atoms with Gasteiger partial charge in [0, 0.05) is 11.1 Å². The van der Waals surface area contributed by atoms with Crippen LogP contribution in [0.1, 0.15) is 33.4 Å². The second-order valence-corrected chi connectivity index (χ2v) is 10.3. The van der Waals surface area contributed by atoms with Gasteiger partial charge in [-0.25, -0.2) is 0 Å². The van der Waals surface area contributed by atoms with Gasteiger partial charge in [0.2, 0.25) is 0 Å². The Morgan fingerprint density at radius 3 is 0.860 bits per heavy atom. The Morgan fingerprint density at radius 1 is 0.326 bits per heavy atom. The summed E-state index contributed by atoms with van der Waals surface area (Å²) in [7, 11) is 3.42. The van der Waals surface area contributed by atoms with Gasteiger partial charge in [-0.1, -0.05) is 158 Å². The van der Waals surface area contributed by atoms with Crippen LogP contribution in [0, 0.1) is 0 Å². The van der Waals surface area contributed by atoms with E-state index in [1.165, 1.54) is 0 Å². The number of hydrogen-bond donors (Lipinski definition) is 0. The van der Waals surface area contributed by atoms with Crippen molar-refractivity contribution in [3.05, 3.63) is 203 Å². The topological polar surface area (TPSA) is 27.7 Å². The summed E-state index contributed by atoms with van der Waals surface area (Å²) in [6, 6.07) is 57.8. The van der Waals surface area contributed by atoms with Crippen LogP contribution in [0.3, 0.4) is 0 Å². The van der Waals surface area contributed by atoms with Gasteiger partial charge < -0.3 is 14.2 Å². The number of rotatable bonds is 10. The average molecular weight is 563 g/mol. The Morgan fingerprint density at radius 2 is 0.581 bits per heavy atom. The van der Waals surface area contributed by atoms with Gasteiger partial charge in [-0.2, -0.15) is 0 Å². The molecule has 6 rings (SSSR count). The zero-order chi connectivity index (χ0) is 29.5. The second-order valence-electron chi connectivity index (χ2n) is 10.3. The molecule has 0 aliphatic heterocycles. The van der Waals surface area contributed by atoms with Gasteiger partial charge in [0.05, 0.1) is 14.2 Å². The first-order valence-corrected chi connectivity index (χ1v) is 14.4. The van der Waals surface area contributed by atoms with E-state index in [-0.39, 0.29) is 0 Å². The van der Waals surface area contributed by atoms with Crippen LogP contribution in [-0.2, 0) is 15.9 Å². The summed E-state index contributed by atoms with van der Waals surface area (Å²) in [5.41, 5.74) is 3.41.